The zero-order chi connectivity index (χ0) is 13.2. The summed E-state index contributed by atoms with van der Waals surface area (Å²) < 4.78 is 5.55. The van der Waals surface area contributed by atoms with Gasteiger partial charge in [-0.25, -0.2) is 0 Å². The van der Waals surface area contributed by atoms with Crippen molar-refractivity contribution in [3.05, 3.63) is 29.3 Å². The molecule has 2 unspecified atom stereocenters. The molecule has 1 saturated heterocycles. The quantitative estimate of drug-likeness (QED) is 0.901. The van der Waals surface area contributed by atoms with Gasteiger partial charge >= 0.3 is 0 Å². The lowest BCUT2D eigenvalue weighted by Crippen LogP contribution is -2.45. The van der Waals surface area contributed by atoms with E-state index >= 15 is 0 Å². The molecule has 0 aliphatic carbocycles. The molecule has 3 rings (SSSR count). The van der Waals surface area contributed by atoms with Gasteiger partial charge in [0.1, 0.15) is 5.75 Å². The first-order chi connectivity index (χ1) is 9.22. The van der Waals surface area contributed by atoms with Gasteiger partial charge in [0.15, 0.2) is 0 Å². The first kappa shape index (κ1) is 12.9. The molecular weight excluding hydrogens is 236 g/mol. The Balaban J connectivity index is 1.55. The molecule has 2 heterocycles. The van der Waals surface area contributed by atoms with E-state index in [0.717, 1.165) is 25.3 Å². The van der Waals surface area contributed by atoms with Crippen molar-refractivity contribution >= 4 is 0 Å². The van der Waals surface area contributed by atoms with Crippen LogP contribution in [0.5, 0.6) is 5.75 Å². The lowest BCUT2D eigenvalue weighted by atomic mass is 9.98. The zero-order valence-corrected chi connectivity index (χ0v) is 12.0. The number of nitrogens with one attached hydrogen (secondary N) is 1. The number of hydrogen-bond donors (Lipinski definition) is 1. The fourth-order valence-electron chi connectivity index (χ4n) is 3.09. The number of likely N-dealkylation sites (tertiary alicyclic amines) is 1. The Hall–Kier alpha value is -1.06. The first-order valence-corrected chi connectivity index (χ1v) is 7.40. The monoisotopic (exact) mass is 260 g/mol. The standard InChI is InChI=1S/C16H24N2O/c1-12-9-15(5-7-18(12)2)17-11-13-3-4-16-14(10-13)6-8-19-16/h3-4,10,12,15,17H,5-9,11H2,1-2H3. The minimum Gasteiger partial charge on any atom is -0.493 e. The average molecular weight is 260 g/mol. The predicted molar refractivity (Wildman–Crippen MR) is 77.6 cm³/mol. The molecule has 0 bridgehead atoms. The molecule has 1 aromatic rings. The molecule has 1 fully saturated rings. The lowest BCUT2D eigenvalue weighted by Gasteiger charge is -2.35. The molecule has 2 aliphatic heterocycles. The van der Waals surface area contributed by atoms with E-state index in [0.29, 0.717) is 12.1 Å². The van der Waals surface area contributed by atoms with Gasteiger partial charge in [-0.05, 0) is 50.6 Å². The van der Waals surface area contributed by atoms with Crippen molar-refractivity contribution in [3.63, 3.8) is 0 Å². The molecule has 19 heavy (non-hydrogen) atoms. The summed E-state index contributed by atoms with van der Waals surface area (Å²) in [7, 11) is 2.22. The molecule has 0 saturated carbocycles. The van der Waals surface area contributed by atoms with Gasteiger partial charge in [-0.15, -0.1) is 0 Å². The van der Waals surface area contributed by atoms with Crippen molar-refractivity contribution in [2.45, 2.75) is 44.8 Å². The molecular formula is C16H24N2O. The Morgan fingerprint density at radius 2 is 2.32 bits per heavy atom. The summed E-state index contributed by atoms with van der Waals surface area (Å²) in [6.07, 6.45) is 3.58. The van der Waals surface area contributed by atoms with Crippen molar-refractivity contribution in [2.75, 3.05) is 20.2 Å². The van der Waals surface area contributed by atoms with Gasteiger partial charge in [-0.2, -0.15) is 0 Å². The lowest BCUT2D eigenvalue weighted by molar-refractivity contribution is 0.168. The minimum absolute atomic E-state index is 0.663. The second kappa shape index (κ2) is 5.51. The second-order valence-corrected chi connectivity index (χ2v) is 5.97. The van der Waals surface area contributed by atoms with E-state index in [1.807, 2.05) is 0 Å². The maximum Gasteiger partial charge on any atom is 0.122 e. The Bertz CT molecular complexity index is 446. The van der Waals surface area contributed by atoms with Gasteiger partial charge in [0, 0.05) is 25.0 Å². The highest BCUT2D eigenvalue weighted by Crippen LogP contribution is 2.26. The van der Waals surface area contributed by atoms with E-state index in [1.54, 1.807) is 0 Å². The number of piperidine rings is 1. The predicted octanol–water partition coefficient (Wildman–Crippen LogP) is 2.19. The normalized spacial score (nSPS) is 27.1. The molecule has 2 aliphatic rings. The highest BCUT2D eigenvalue weighted by Gasteiger charge is 2.22. The van der Waals surface area contributed by atoms with Crippen LogP contribution in [-0.2, 0) is 13.0 Å². The first-order valence-electron chi connectivity index (χ1n) is 7.40. The van der Waals surface area contributed by atoms with Crippen LogP contribution in [0.15, 0.2) is 18.2 Å². The number of ether oxygens (including phenoxy) is 1. The Labute approximate surface area is 115 Å². The van der Waals surface area contributed by atoms with Gasteiger partial charge in [0.2, 0.25) is 0 Å². The Kier molecular flexibility index (Phi) is 3.76. The summed E-state index contributed by atoms with van der Waals surface area (Å²) in [5, 5.41) is 3.71. The maximum atomic E-state index is 5.55. The fraction of sp³-hybridized carbons (Fsp3) is 0.625. The average Bonchev–Trinajstić information content (AvgIpc) is 2.87. The third-order valence-electron chi connectivity index (χ3n) is 4.56. The molecule has 0 amide bonds. The third kappa shape index (κ3) is 2.93. The number of fused-ring (bicyclic) bond motifs is 1. The van der Waals surface area contributed by atoms with Crippen LogP contribution in [-0.4, -0.2) is 37.2 Å². The SMILES string of the molecule is CC1CC(NCc2ccc3c(c2)CCO3)CCN1C. The van der Waals surface area contributed by atoms with E-state index in [4.69, 9.17) is 4.74 Å². The van der Waals surface area contributed by atoms with Crippen molar-refractivity contribution in [3.8, 4) is 5.75 Å². The number of nitrogens with zero attached hydrogens (tertiary/aromatic N) is 1. The molecule has 1 N–H and O–H groups in total. The van der Waals surface area contributed by atoms with Crippen molar-refractivity contribution < 1.29 is 4.74 Å². The summed E-state index contributed by atoms with van der Waals surface area (Å²) in [6, 6.07) is 7.97. The van der Waals surface area contributed by atoms with Crippen molar-refractivity contribution in [2.24, 2.45) is 0 Å². The second-order valence-electron chi connectivity index (χ2n) is 5.97. The van der Waals surface area contributed by atoms with E-state index in [2.05, 4.69) is 42.4 Å². The van der Waals surface area contributed by atoms with Crippen LogP contribution in [0.3, 0.4) is 0 Å². The highest BCUT2D eigenvalue weighted by atomic mass is 16.5. The molecule has 0 spiro atoms. The molecule has 0 aromatic heterocycles. The minimum atomic E-state index is 0.663. The van der Waals surface area contributed by atoms with Crippen LogP contribution in [0.1, 0.15) is 30.9 Å². The van der Waals surface area contributed by atoms with E-state index < -0.39 is 0 Å². The molecule has 104 valence electrons. The highest BCUT2D eigenvalue weighted by molar-refractivity contribution is 5.39. The van der Waals surface area contributed by atoms with Crippen LogP contribution in [0.25, 0.3) is 0 Å². The summed E-state index contributed by atoms with van der Waals surface area (Å²) in [5.41, 5.74) is 2.76. The summed E-state index contributed by atoms with van der Waals surface area (Å²) in [6.45, 7) is 5.35. The van der Waals surface area contributed by atoms with Crippen LogP contribution >= 0.6 is 0 Å². The number of benzene rings is 1. The van der Waals surface area contributed by atoms with Gasteiger partial charge in [0.25, 0.3) is 0 Å². The summed E-state index contributed by atoms with van der Waals surface area (Å²) >= 11 is 0. The van der Waals surface area contributed by atoms with Crippen LogP contribution in [0, 0.1) is 0 Å². The zero-order valence-electron chi connectivity index (χ0n) is 12.0. The summed E-state index contributed by atoms with van der Waals surface area (Å²) in [4.78, 5) is 2.45. The molecule has 3 nitrogen and oxygen atoms in total. The van der Waals surface area contributed by atoms with Gasteiger partial charge in [-0.1, -0.05) is 12.1 Å². The van der Waals surface area contributed by atoms with Crippen LogP contribution < -0.4 is 10.1 Å². The van der Waals surface area contributed by atoms with Crippen LogP contribution in [0.4, 0.5) is 0 Å². The fourth-order valence-corrected chi connectivity index (χ4v) is 3.09. The molecule has 2 atom stereocenters. The van der Waals surface area contributed by atoms with Gasteiger partial charge < -0.3 is 15.0 Å². The maximum absolute atomic E-state index is 5.55. The largest absolute Gasteiger partial charge is 0.493 e. The van der Waals surface area contributed by atoms with E-state index in [-0.39, 0.29) is 0 Å². The van der Waals surface area contributed by atoms with E-state index in [1.165, 1.54) is 30.5 Å². The summed E-state index contributed by atoms with van der Waals surface area (Å²) in [5.74, 6) is 1.08. The van der Waals surface area contributed by atoms with E-state index in [9.17, 15) is 0 Å². The molecule has 0 radical (unpaired) electrons. The number of rotatable bonds is 3. The molecule has 1 aromatic carbocycles. The number of hydrogen-bond acceptors (Lipinski definition) is 3. The van der Waals surface area contributed by atoms with Gasteiger partial charge in [-0.3, -0.25) is 0 Å². The Morgan fingerprint density at radius 3 is 3.16 bits per heavy atom. The van der Waals surface area contributed by atoms with Gasteiger partial charge in [0.05, 0.1) is 6.61 Å². The molecule has 3 heteroatoms. The topological polar surface area (TPSA) is 24.5 Å². The Morgan fingerprint density at radius 1 is 1.42 bits per heavy atom. The van der Waals surface area contributed by atoms with Crippen LogP contribution in [0.2, 0.25) is 0 Å². The third-order valence-corrected chi connectivity index (χ3v) is 4.56. The smallest absolute Gasteiger partial charge is 0.122 e. The van der Waals surface area contributed by atoms with Crippen molar-refractivity contribution in [1.29, 1.82) is 0 Å². The van der Waals surface area contributed by atoms with Crippen molar-refractivity contribution in [1.82, 2.24) is 10.2 Å².